The first kappa shape index (κ1) is 25.9. The average molecular weight is 456 g/mol. The summed E-state index contributed by atoms with van der Waals surface area (Å²) in [5.41, 5.74) is 2.46. The molecule has 0 radical (unpaired) electrons. The van der Waals surface area contributed by atoms with Crippen LogP contribution in [-0.2, 0) is 23.8 Å². The number of esters is 2. The summed E-state index contributed by atoms with van der Waals surface area (Å²) in [4.78, 5) is 29.7. The van der Waals surface area contributed by atoms with E-state index in [9.17, 15) is 14.7 Å². The van der Waals surface area contributed by atoms with E-state index >= 15 is 0 Å². The first-order valence-corrected chi connectivity index (χ1v) is 11.0. The molecule has 2 rings (SSSR count). The number of hydrogen-bond acceptors (Lipinski definition) is 7. The molecule has 7 nitrogen and oxygen atoms in total. The fourth-order valence-corrected chi connectivity index (χ4v) is 3.63. The second-order valence-electron chi connectivity index (χ2n) is 8.50. The third kappa shape index (κ3) is 6.57. The summed E-state index contributed by atoms with van der Waals surface area (Å²) in [5, 5.41) is 10.7. The highest BCUT2D eigenvalue weighted by Crippen LogP contribution is 2.42. The molecular weight excluding hydrogens is 422 g/mol. The molecule has 0 bridgehead atoms. The van der Waals surface area contributed by atoms with Crippen molar-refractivity contribution in [1.82, 2.24) is 0 Å². The minimum Gasteiger partial charge on any atom is -0.481 e. The van der Waals surface area contributed by atoms with Crippen LogP contribution in [0.1, 0.15) is 65.5 Å². The average Bonchev–Trinajstić information content (AvgIpc) is 2.71. The number of carbonyl (C=O) groups excluding carboxylic acids is 2. The molecule has 1 N–H and O–H groups in total. The van der Waals surface area contributed by atoms with Crippen LogP contribution in [-0.4, -0.2) is 41.6 Å². The topological polar surface area (TPSA) is 94.4 Å². The largest absolute Gasteiger partial charge is 0.481 e. The number of aliphatic hydroxyl groups excluding tert-OH is 1. The Kier molecular flexibility index (Phi) is 8.63. The highest BCUT2D eigenvalue weighted by molar-refractivity contribution is 6.07. The Morgan fingerprint density at radius 1 is 1.09 bits per heavy atom. The van der Waals surface area contributed by atoms with Crippen molar-refractivity contribution in [3.05, 3.63) is 64.3 Å². The van der Waals surface area contributed by atoms with Crippen LogP contribution in [0.2, 0.25) is 0 Å². The van der Waals surface area contributed by atoms with Crippen LogP contribution in [0.4, 0.5) is 0 Å². The smallest absolute Gasteiger partial charge is 0.336 e. The lowest BCUT2D eigenvalue weighted by molar-refractivity contribution is -0.148. The van der Waals surface area contributed by atoms with Crippen LogP contribution >= 0.6 is 0 Å². The maximum absolute atomic E-state index is 13.0. The van der Waals surface area contributed by atoms with Crippen LogP contribution in [0.5, 0.6) is 0 Å². The van der Waals surface area contributed by atoms with Gasteiger partial charge in [-0.15, -0.1) is 0 Å². The van der Waals surface area contributed by atoms with E-state index in [0.717, 1.165) is 0 Å². The molecule has 1 atom stereocenters. The van der Waals surface area contributed by atoms with Gasteiger partial charge >= 0.3 is 11.9 Å². The van der Waals surface area contributed by atoms with Crippen molar-refractivity contribution in [3.63, 3.8) is 0 Å². The van der Waals surface area contributed by atoms with Gasteiger partial charge in [0.15, 0.2) is 0 Å². The van der Waals surface area contributed by atoms with Gasteiger partial charge in [0, 0.05) is 17.5 Å². The number of benzene rings is 1. The van der Waals surface area contributed by atoms with Gasteiger partial charge in [0.1, 0.15) is 5.60 Å². The standard InChI is InChI=1S/C26H33NO6/c1-8-31-24(29)21-16(3)27-17(4)22(25(30)32-9-2)23(21)19-13-11-10-12-18(19)14-15-20(28)33-26(5,6)7/h10-15,23,29H,8-9H2,1-7H3/b15-14+,24-21+. The molecule has 1 aliphatic rings. The van der Waals surface area contributed by atoms with Crippen LogP contribution in [0.25, 0.3) is 6.08 Å². The fraction of sp³-hybridized carbons (Fsp3) is 0.423. The van der Waals surface area contributed by atoms with E-state index in [1.54, 1.807) is 54.5 Å². The number of hydrogen-bond donors (Lipinski definition) is 1. The van der Waals surface area contributed by atoms with Gasteiger partial charge in [-0.3, -0.25) is 4.99 Å². The lowest BCUT2D eigenvalue weighted by atomic mass is 9.78. The number of aliphatic imine (C=N–C) groups is 1. The van der Waals surface area contributed by atoms with Crippen molar-refractivity contribution in [2.24, 2.45) is 4.99 Å². The molecule has 0 spiro atoms. The predicted molar refractivity (Wildman–Crippen MR) is 128 cm³/mol. The Labute approximate surface area is 195 Å². The Bertz CT molecular complexity index is 1020. The first-order valence-electron chi connectivity index (χ1n) is 11.0. The van der Waals surface area contributed by atoms with E-state index in [4.69, 9.17) is 14.2 Å². The van der Waals surface area contributed by atoms with Crippen molar-refractivity contribution in [1.29, 1.82) is 0 Å². The summed E-state index contributed by atoms with van der Waals surface area (Å²) in [7, 11) is 0. The minimum absolute atomic E-state index is 0.196. The van der Waals surface area contributed by atoms with E-state index < -0.39 is 23.5 Å². The van der Waals surface area contributed by atoms with Gasteiger partial charge < -0.3 is 19.3 Å². The molecule has 33 heavy (non-hydrogen) atoms. The van der Waals surface area contributed by atoms with Crippen LogP contribution in [0, 0.1) is 0 Å². The summed E-state index contributed by atoms with van der Waals surface area (Å²) in [6.07, 6.45) is 2.98. The SMILES string of the molecule is CCOC(=O)C1=C(C)N=C(C)/C(=C(/O)OCC)C1c1ccccc1/C=C/C(=O)OC(C)(C)C. The number of rotatable bonds is 7. The Morgan fingerprint density at radius 2 is 1.73 bits per heavy atom. The first-order chi connectivity index (χ1) is 15.5. The Morgan fingerprint density at radius 3 is 2.33 bits per heavy atom. The third-order valence-corrected chi connectivity index (χ3v) is 4.81. The lowest BCUT2D eigenvalue weighted by Crippen LogP contribution is -2.26. The quantitative estimate of drug-likeness (QED) is 0.343. The number of ether oxygens (including phenoxy) is 3. The van der Waals surface area contributed by atoms with Gasteiger partial charge in [-0.05, 0) is 65.7 Å². The van der Waals surface area contributed by atoms with E-state index in [1.807, 2.05) is 24.3 Å². The summed E-state index contributed by atoms with van der Waals surface area (Å²) in [5.74, 6) is -2.01. The van der Waals surface area contributed by atoms with Crippen molar-refractivity contribution in [2.75, 3.05) is 13.2 Å². The van der Waals surface area contributed by atoms with Crippen LogP contribution < -0.4 is 0 Å². The van der Waals surface area contributed by atoms with Gasteiger partial charge in [0.05, 0.1) is 30.3 Å². The van der Waals surface area contributed by atoms with Crippen molar-refractivity contribution in [2.45, 2.75) is 60.0 Å². The molecule has 1 aliphatic heterocycles. The van der Waals surface area contributed by atoms with Gasteiger partial charge in [0.25, 0.3) is 5.95 Å². The third-order valence-electron chi connectivity index (χ3n) is 4.81. The number of allylic oxidation sites excluding steroid dienone is 2. The molecule has 0 aliphatic carbocycles. The van der Waals surface area contributed by atoms with E-state index in [2.05, 4.69) is 4.99 Å². The monoisotopic (exact) mass is 455 g/mol. The van der Waals surface area contributed by atoms with Crippen molar-refractivity contribution in [3.8, 4) is 0 Å². The summed E-state index contributed by atoms with van der Waals surface area (Å²) in [6.45, 7) is 12.8. The number of nitrogens with zero attached hydrogens (tertiary/aromatic N) is 1. The predicted octanol–water partition coefficient (Wildman–Crippen LogP) is 5.24. The molecule has 1 aromatic carbocycles. The highest BCUT2D eigenvalue weighted by atomic mass is 16.6. The molecular formula is C26H33NO6. The highest BCUT2D eigenvalue weighted by Gasteiger charge is 2.37. The molecule has 0 aromatic heterocycles. The molecule has 0 saturated heterocycles. The van der Waals surface area contributed by atoms with E-state index in [-0.39, 0.29) is 19.2 Å². The van der Waals surface area contributed by atoms with Crippen molar-refractivity contribution >= 4 is 23.7 Å². The Balaban J connectivity index is 2.69. The van der Waals surface area contributed by atoms with Crippen LogP contribution in [0.15, 0.2) is 58.1 Å². The summed E-state index contributed by atoms with van der Waals surface area (Å²) >= 11 is 0. The molecule has 7 heteroatoms. The van der Waals surface area contributed by atoms with Crippen LogP contribution in [0.3, 0.4) is 0 Å². The van der Waals surface area contributed by atoms with Gasteiger partial charge in [-0.2, -0.15) is 0 Å². The lowest BCUT2D eigenvalue weighted by Gasteiger charge is -2.29. The van der Waals surface area contributed by atoms with Crippen molar-refractivity contribution < 1.29 is 28.9 Å². The molecule has 178 valence electrons. The molecule has 0 fully saturated rings. The zero-order valence-corrected chi connectivity index (χ0v) is 20.4. The summed E-state index contributed by atoms with van der Waals surface area (Å²) in [6, 6.07) is 7.32. The zero-order chi connectivity index (χ0) is 24.8. The molecule has 0 amide bonds. The molecule has 1 heterocycles. The van der Waals surface area contributed by atoms with E-state index in [1.165, 1.54) is 6.08 Å². The summed E-state index contributed by atoms with van der Waals surface area (Å²) < 4.78 is 16.1. The molecule has 1 aromatic rings. The number of aliphatic hydroxyl groups is 1. The fourth-order valence-electron chi connectivity index (χ4n) is 3.63. The zero-order valence-electron chi connectivity index (χ0n) is 20.4. The van der Waals surface area contributed by atoms with Gasteiger partial charge in [-0.1, -0.05) is 24.3 Å². The molecule has 0 saturated carbocycles. The maximum atomic E-state index is 13.0. The minimum atomic E-state index is -0.701. The second kappa shape index (κ2) is 11.0. The normalized spacial score (nSPS) is 18.2. The molecule has 1 unspecified atom stereocenters. The second-order valence-corrected chi connectivity index (χ2v) is 8.50. The van der Waals surface area contributed by atoms with Gasteiger partial charge in [0.2, 0.25) is 0 Å². The Hall–Kier alpha value is -3.35. The number of carbonyl (C=O) groups is 2. The van der Waals surface area contributed by atoms with E-state index in [0.29, 0.717) is 33.7 Å². The maximum Gasteiger partial charge on any atom is 0.336 e. The van der Waals surface area contributed by atoms with Gasteiger partial charge in [-0.25, -0.2) is 9.59 Å².